The minimum Gasteiger partial charge on any atom is -0.242 e. The van der Waals surface area contributed by atoms with Crippen LogP contribution in [0.2, 0.25) is 5.02 Å². The van der Waals surface area contributed by atoms with Crippen molar-refractivity contribution in [1.82, 2.24) is 4.72 Å². The lowest BCUT2D eigenvalue weighted by molar-refractivity contribution is 0.453. The van der Waals surface area contributed by atoms with Gasteiger partial charge in [-0.2, -0.15) is 5.26 Å². The maximum absolute atomic E-state index is 12.8. The van der Waals surface area contributed by atoms with E-state index in [2.05, 4.69) is 26.7 Å². The Morgan fingerprint density at radius 1 is 1.38 bits per heavy atom. The second-order valence-corrected chi connectivity index (χ2v) is 14.2. The van der Waals surface area contributed by atoms with Crippen LogP contribution < -0.4 is 4.72 Å². The maximum Gasteiger partial charge on any atom is 0.102 e. The number of hydrogen-bond acceptors (Lipinski definition) is 4. The van der Waals surface area contributed by atoms with Crippen LogP contribution in [0.3, 0.4) is 0 Å². The average Bonchev–Trinajstić information content (AvgIpc) is 2.92. The lowest BCUT2D eigenvalue weighted by atomic mass is 9.89. The molecule has 1 N–H and O–H groups in total. The number of halogens is 2. The molecule has 1 aliphatic rings. The predicted octanol–water partition coefficient (Wildman–Crippen LogP) is 6.39. The molecule has 0 aliphatic heterocycles. The molecule has 0 bridgehead atoms. The summed E-state index contributed by atoms with van der Waals surface area (Å²) in [6.45, 7) is 7.90. The molecule has 1 saturated carbocycles. The minimum atomic E-state index is -1.24. The Labute approximate surface area is 181 Å². The van der Waals surface area contributed by atoms with E-state index in [-0.39, 0.29) is 9.49 Å². The highest BCUT2D eigenvalue weighted by Crippen LogP contribution is 2.45. The molecule has 3 nitrogen and oxygen atoms in total. The molecule has 1 fully saturated rings. The quantitative estimate of drug-likeness (QED) is 0.495. The summed E-state index contributed by atoms with van der Waals surface area (Å²) in [5.41, 5.74) is -0.572. The van der Waals surface area contributed by atoms with E-state index in [1.807, 2.05) is 33.8 Å². The molecular formula is C18H26BrClN2OS3. The zero-order valence-corrected chi connectivity index (χ0v) is 20.4. The van der Waals surface area contributed by atoms with E-state index < -0.39 is 16.5 Å². The van der Waals surface area contributed by atoms with Gasteiger partial charge in [-0.3, -0.25) is 0 Å². The average molecular weight is 498 g/mol. The summed E-state index contributed by atoms with van der Waals surface area (Å²) in [5, 5.41) is 10.5. The number of thiophene rings is 1. The number of nitrogens with one attached hydrogen (secondary N) is 1. The van der Waals surface area contributed by atoms with Crippen LogP contribution >= 0.6 is 50.6 Å². The van der Waals surface area contributed by atoms with Gasteiger partial charge in [0.05, 0.1) is 36.1 Å². The summed E-state index contributed by atoms with van der Waals surface area (Å²) in [6, 6.07) is 4.45. The van der Waals surface area contributed by atoms with E-state index in [1.165, 1.54) is 6.42 Å². The summed E-state index contributed by atoms with van der Waals surface area (Å²) >= 11 is 13.2. The predicted molar refractivity (Wildman–Crippen MR) is 119 cm³/mol. The van der Waals surface area contributed by atoms with Crippen LogP contribution in [-0.2, 0) is 16.5 Å². The van der Waals surface area contributed by atoms with Crippen LogP contribution in [0.25, 0.3) is 0 Å². The molecule has 2 atom stereocenters. The van der Waals surface area contributed by atoms with Gasteiger partial charge >= 0.3 is 0 Å². The van der Waals surface area contributed by atoms with Crippen LogP contribution in [0, 0.1) is 11.3 Å². The molecule has 0 saturated heterocycles. The third-order valence-corrected chi connectivity index (χ3v) is 10.4. The van der Waals surface area contributed by atoms with Crippen LogP contribution in [0.4, 0.5) is 0 Å². The van der Waals surface area contributed by atoms with E-state index in [9.17, 15) is 9.47 Å². The fourth-order valence-electron chi connectivity index (χ4n) is 2.91. The number of hydrogen-bond donors (Lipinski definition) is 1. The van der Waals surface area contributed by atoms with Gasteiger partial charge in [-0.05, 0) is 62.5 Å². The van der Waals surface area contributed by atoms with Crippen molar-refractivity contribution in [2.45, 2.75) is 74.8 Å². The molecule has 1 aromatic rings. The highest BCUT2D eigenvalue weighted by Gasteiger charge is 2.40. The van der Waals surface area contributed by atoms with Crippen molar-refractivity contribution in [1.29, 1.82) is 5.26 Å². The summed E-state index contributed by atoms with van der Waals surface area (Å²) in [4.78, 5) is 0.958. The van der Waals surface area contributed by atoms with E-state index >= 15 is 0 Å². The molecule has 1 heterocycles. The Balaban J connectivity index is 2.30. The van der Waals surface area contributed by atoms with Crippen molar-refractivity contribution in [3.63, 3.8) is 0 Å². The molecule has 1 aliphatic carbocycles. The first-order valence-electron chi connectivity index (χ1n) is 8.72. The van der Waals surface area contributed by atoms with Crippen LogP contribution in [0.5, 0.6) is 0 Å². The van der Waals surface area contributed by atoms with Crippen molar-refractivity contribution in [2.75, 3.05) is 5.75 Å². The molecular weight excluding hydrogens is 472 g/mol. The minimum absolute atomic E-state index is 0.342. The van der Waals surface area contributed by atoms with Gasteiger partial charge in [0.1, 0.15) is 4.75 Å². The fraction of sp³-hybridized carbons (Fsp3) is 0.722. The third kappa shape index (κ3) is 5.48. The zero-order chi connectivity index (χ0) is 19.6. The monoisotopic (exact) mass is 496 g/mol. The second kappa shape index (κ2) is 8.84. The molecule has 0 unspecified atom stereocenters. The molecule has 0 spiro atoms. The van der Waals surface area contributed by atoms with Crippen molar-refractivity contribution in [3.8, 4) is 6.07 Å². The van der Waals surface area contributed by atoms with Crippen LogP contribution in [0.15, 0.2) is 9.85 Å². The molecule has 0 radical (unpaired) electrons. The van der Waals surface area contributed by atoms with Gasteiger partial charge in [0.2, 0.25) is 0 Å². The van der Waals surface area contributed by atoms with Gasteiger partial charge in [0, 0.05) is 10.6 Å². The van der Waals surface area contributed by atoms with Crippen LogP contribution in [-0.4, -0.2) is 19.5 Å². The Morgan fingerprint density at radius 3 is 2.46 bits per heavy atom. The number of nitrogens with zero attached hydrogens (tertiary/aromatic N) is 1. The van der Waals surface area contributed by atoms with Crippen LogP contribution in [0.1, 0.15) is 64.7 Å². The van der Waals surface area contributed by atoms with Gasteiger partial charge < -0.3 is 0 Å². The van der Waals surface area contributed by atoms with Gasteiger partial charge in [-0.1, -0.05) is 30.9 Å². The molecule has 0 aromatic carbocycles. The first-order valence-corrected chi connectivity index (χ1v) is 12.8. The summed E-state index contributed by atoms with van der Waals surface area (Å²) < 4.78 is 16.4. The highest BCUT2D eigenvalue weighted by molar-refractivity contribution is 9.11. The van der Waals surface area contributed by atoms with E-state index in [0.717, 1.165) is 34.3 Å². The van der Waals surface area contributed by atoms with E-state index in [1.54, 1.807) is 23.1 Å². The Hall–Kier alpha value is 0.420. The topological polar surface area (TPSA) is 52.9 Å². The molecule has 2 rings (SSSR count). The SMILES string of the molecule is CC(C)(C)[S@@](=O)N[C@@](C)(CSC1(C#N)CCCCC1)c1sc(Br)cc1Cl. The Morgan fingerprint density at radius 2 is 2.00 bits per heavy atom. The van der Waals surface area contributed by atoms with Crippen molar-refractivity contribution in [3.05, 3.63) is 19.8 Å². The zero-order valence-electron chi connectivity index (χ0n) is 15.7. The molecule has 8 heteroatoms. The first-order chi connectivity index (χ1) is 12.0. The Kier molecular flexibility index (Phi) is 7.72. The lowest BCUT2D eigenvalue weighted by Gasteiger charge is -2.37. The second-order valence-electron chi connectivity index (χ2n) is 8.00. The van der Waals surface area contributed by atoms with Gasteiger partial charge in [-0.15, -0.1) is 23.1 Å². The number of rotatable bonds is 6. The van der Waals surface area contributed by atoms with Gasteiger partial charge in [0.15, 0.2) is 0 Å². The number of thioether (sulfide) groups is 1. The largest absolute Gasteiger partial charge is 0.242 e. The molecule has 26 heavy (non-hydrogen) atoms. The Bertz CT molecular complexity index is 704. The smallest absolute Gasteiger partial charge is 0.102 e. The van der Waals surface area contributed by atoms with Crippen molar-refractivity contribution >= 4 is 61.6 Å². The first kappa shape index (κ1) is 22.7. The van der Waals surface area contributed by atoms with Crippen molar-refractivity contribution < 1.29 is 4.21 Å². The molecule has 0 amide bonds. The van der Waals surface area contributed by atoms with E-state index in [0.29, 0.717) is 10.8 Å². The standard InChI is InChI=1S/C18H26BrClN2OS3/c1-16(2,3)26(23)22-17(4,15-13(20)10-14(19)25-15)12-24-18(11-21)8-6-5-7-9-18/h10,22H,5-9,12H2,1-4H3/t17-,26+/m0/s1. The highest BCUT2D eigenvalue weighted by atomic mass is 79.9. The summed E-state index contributed by atoms with van der Waals surface area (Å²) in [7, 11) is -1.24. The fourth-order valence-corrected chi connectivity index (χ4v) is 7.69. The summed E-state index contributed by atoms with van der Waals surface area (Å²) in [5.74, 6) is 0.648. The third-order valence-electron chi connectivity index (χ3n) is 4.53. The van der Waals surface area contributed by atoms with E-state index in [4.69, 9.17) is 11.6 Å². The van der Waals surface area contributed by atoms with Gasteiger partial charge in [0.25, 0.3) is 0 Å². The lowest BCUT2D eigenvalue weighted by Crippen LogP contribution is -2.48. The van der Waals surface area contributed by atoms with Gasteiger partial charge in [-0.25, -0.2) is 8.93 Å². The number of nitriles is 1. The normalized spacial score (nSPS) is 21.0. The van der Waals surface area contributed by atoms with Crippen molar-refractivity contribution in [2.24, 2.45) is 0 Å². The summed E-state index contributed by atoms with van der Waals surface area (Å²) in [6.07, 6.45) is 5.26. The maximum atomic E-state index is 12.8. The molecule has 1 aromatic heterocycles. The molecule has 146 valence electrons.